The molecule has 1 aromatic carbocycles. The van der Waals surface area contributed by atoms with Gasteiger partial charge < -0.3 is 16.2 Å². The van der Waals surface area contributed by atoms with Crippen LogP contribution in [0.25, 0.3) is 0 Å². The van der Waals surface area contributed by atoms with Crippen LogP contribution < -0.4 is 11.1 Å². The summed E-state index contributed by atoms with van der Waals surface area (Å²) in [5, 5.41) is 26.3. The SMILES string of the molecule is N#C[C@@H]1C[C@@H](O)CC[C@@H]1n1cc(C(N)=O)c(Nc2ccc(Cl)c(F)c2)n1. The molecule has 0 bridgehead atoms. The molecule has 0 spiro atoms. The summed E-state index contributed by atoms with van der Waals surface area (Å²) in [4.78, 5) is 11.8. The number of halogens is 2. The topological polar surface area (TPSA) is 117 Å². The minimum atomic E-state index is -0.697. The predicted molar refractivity (Wildman–Crippen MR) is 93.4 cm³/mol. The second kappa shape index (κ2) is 7.32. The van der Waals surface area contributed by atoms with Gasteiger partial charge in [0.25, 0.3) is 5.91 Å². The monoisotopic (exact) mass is 377 g/mol. The highest BCUT2D eigenvalue weighted by molar-refractivity contribution is 6.30. The molecular weight excluding hydrogens is 361 g/mol. The molecular formula is C17H17ClFN5O2. The van der Waals surface area contributed by atoms with Gasteiger partial charge >= 0.3 is 0 Å². The summed E-state index contributed by atoms with van der Waals surface area (Å²) in [5.41, 5.74) is 5.91. The van der Waals surface area contributed by atoms with Crippen LogP contribution in [0.1, 0.15) is 35.7 Å². The molecule has 0 radical (unpaired) electrons. The van der Waals surface area contributed by atoms with Gasteiger partial charge in [-0.3, -0.25) is 9.48 Å². The summed E-state index contributed by atoms with van der Waals surface area (Å²) >= 11 is 5.67. The maximum Gasteiger partial charge on any atom is 0.254 e. The lowest BCUT2D eigenvalue weighted by molar-refractivity contribution is 0.0861. The van der Waals surface area contributed by atoms with Crippen molar-refractivity contribution in [3.63, 3.8) is 0 Å². The third kappa shape index (κ3) is 3.64. The molecule has 1 heterocycles. The zero-order valence-corrected chi connectivity index (χ0v) is 14.4. The van der Waals surface area contributed by atoms with Gasteiger partial charge in [-0.1, -0.05) is 11.6 Å². The van der Waals surface area contributed by atoms with Crippen LogP contribution in [0.5, 0.6) is 0 Å². The number of carbonyl (C=O) groups excluding carboxylic acids is 1. The van der Waals surface area contributed by atoms with Crippen LogP contribution >= 0.6 is 11.6 Å². The number of rotatable bonds is 4. The molecule has 136 valence electrons. The molecule has 3 atom stereocenters. The summed E-state index contributed by atoms with van der Waals surface area (Å²) in [6.45, 7) is 0. The van der Waals surface area contributed by atoms with Crippen molar-refractivity contribution in [1.29, 1.82) is 5.26 Å². The fourth-order valence-corrected chi connectivity index (χ4v) is 3.25. The zero-order valence-electron chi connectivity index (χ0n) is 13.7. The van der Waals surface area contributed by atoms with E-state index in [9.17, 15) is 19.6 Å². The maximum atomic E-state index is 13.6. The number of aliphatic hydroxyl groups excluding tert-OH is 1. The Morgan fingerprint density at radius 2 is 2.27 bits per heavy atom. The van der Waals surface area contributed by atoms with Crippen LogP contribution in [0.4, 0.5) is 15.9 Å². The summed E-state index contributed by atoms with van der Waals surface area (Å²) in [6, 6.07) is 6.01. The Kier molecular flexibility index (Phi) is 5.11. The van der Waals surface area contributed by atoms with Gasteiger partial charge in [0.1, 0.15) is 11.4 Å². The number of aromatic nitrogens is 2. The Hall–Kier alpha value is -2.63. The minimum Gasteiger partial charge on any atom is -0.393 e. The van der Waals surface area contributed by atoms with Crippen molar-refractivity contribution in [3.05, 3.63) is 40.8 Å². The largest absolute Gasteiger partial charge is 0.393 e. The quantitative estimate of drug-likeness (QED) is 0.757. The molecule has 1 aromatic heterocycles. The fourth-order valence-electron chi connectivity index (χ4n) is 3.13. The van der Waals surface area contributed by atoms with Crippen LogP contribution in [0.3, 0.4) is 0 Å². The van der Waals surface area contributed by atoms with Crippen LogP contribution in [-0.4, -0.2) is 26.9 Å². The minimum absolute atomic E-state index is 0.0196. The average Bonchev–Trinajstić information content (AvgIpc) is 3.02. The first-order valence-electron chi connectivity index (χ1n) is 8.07. The molecule has 7 nitrogen and oxygen atoms in total. The van der Waals surface area contributed by atoms with Crippen molar-refractivity contribution >= 4 is 29.0 Å². The Bertz CT molecular complexity index is 879. The van der Waals surface area contributed by atoms with E-state index in [4.69, 9.17) is 17.3 Å². The molecule has 1 fully saturated rings. The lowest BCUT2D eigenvalue weighted by Gasteiger charge is -2.30. The van der Waals surface area contributed by atoms with Gasteiger partial charge in [0.15, 0.2) is 5.82 Å². The molecule has 3 rings (SSSR count). The zero-order chi connectivity index (χ0) is 18.8. The molecule has 1 aliphatic carbocycles. The third-order valence-electron chi connectivity index (χ3n) is 4.47. The molecule has 1 aliphatic rings. The number of anilines is 2. The van der Waals surface area contributed by atoms with E-state index in [1.807, 2.05) is 0 Å². The fraction of sp³-hybridized carbons (Fsp3) is 0.353. The number of primary amides is 1. The first kappa shape index (κ1) is 18.2. The van der Waals surface area contributed by atoms with Crippen LogP contribution in [-0.2, 0) is 0 Å². The highest BCUT2D eigenvalue weighted by Crippen LogP contribution is 2.35. The van der Waals surface area contributed by atoms with E-state index < -0.39 is 23.7 Å². The smallest absolute Gasteiger partial charge is 0.254 e. The van der Waals surface area contributed by atoms with E-state index in [-0.39, 0.29) is 22.4 Å². The van der Waals surface area contributed by atoms with Crippen LogP contribution in [0.2, 0.25) is 5.02 Å². The lowest BCUT2D eigenvalue weighted by atomic mass is 9.84. The van der Waals surface area contributed by atoms with Crippen LogP contribution in [0.15, 0.2) is 24.4 Å². The average molecular weight is 378 g/mol. The normalized spacial score (nSPS) is 22.6. The van der Waals surface area contributed by atoms with Gasteiger partial charge in [-0.05, 0) is 37.5 Å². The van der Waals surface area contributed by atoms with E-state index >= 15 is 0 Å². The second-order valence-corrected chi connectivity index (χ2v) is 6.67. The van der Waals surface area contributed by atoms with E-state index in [0.29, 0.717) is 24.9 Å². The van der Waals surface area contributed by atoms with E-state index in [1.165, 1.54) is 23.0 Å². The summed E-state index contributed by atoms with van der Waals surface area (Å²) in [6.07, 6.45) is 2.40. The molecule has 0 aliphatic heterocycles. The Balaban J connectivity index is 1.92. The third-order valence-corrected chi connectivity index (χ3v) is 4.78. The predicted octanol–water partition coefficient (Wildman–Crippen LogP) is 2.74. The van der Waals surface area contributed by atoms with Crippen molar-refractivity contribution in [1.82, 2.24) is 9.78 Å². The Morgan fingerprint density at radius 1 is 1.50 bits per heavy atom. The number of nitriles is 1. The molecule has 26 heavy (non-hydrogen) atoms. The lowest BCUT2D eigenvalue weighted by Crippen LogP contribution is -2.29. The van der Waals surface area contributed by atoms with Gasteiger partial charge in [-0.25, -0.2) is 4.39 Å². The number of nitrogens with one attached hydrogen (secondary N) is 1. The van der Waals surface area contributed by atoms with Crippen molar-refractivity contribution in [2.75, 3.05) is 5.32 Å². The highest BCUT2D eigenvalue weighted by atomic mass is 35.5. The van der Waals surface area contributed by atoms with Gasteiger partial charge in [0.05, 0.1) is 29.2 Å². The highest BCUT2D eigenvalue weighted by Gasteiger charge is 2.32. The molecule has 1 amide bonds. The van der Waals surface area contributed by atoms with E-state index in [2.05, 4.69) is 16.5 Å². The van der Waals surface area contributed by atoms with Gasteiger partial charge in [0, 0.05) is 11.9 Å². The number of carbonyl (C=O) groups is 1. The van der Waals surface area contributed by atoms with Crippen molar-refractivity contribution in [2.24, 2.45) is 11.7 Å². The second-order valence-electron chi connectivity index (χ2n) is 6.26. The first-order chi connectivity index (χ1) is 12.4. The van der Waals surface area contributed by atoms with Crippen molar-refractivity contribution in [2.45, 2.75) is 31.4 Å². The molecule has 0 saturated heterocycles. The van der Waals surface area contributed by atoms with Crippen molar-refractivity contribution < 1.29 is 14.3 Å². The number of hydrogen-bond donors (Lipinski definition) is 3. The van der Waals surface area contributed by atoms with Crippen molar-refractivity contribution in [3.8, 4) is 6.07 Å². The molecule has 4 N–H and O–H groups in total. The number of aliphatic hydroxyl groups is 1. The number of amides is 1. The maximum absolute atomic E-state index is 13.6. The number of nitrogens with two attached hydrogens (primary N) is 1. The Labute approximate surface area is 154 Å². The number of benzene rings is 1. The van der Waals surface area contributed by atoms with E-state index in [0.717, 1.165) is 0 Å². The summed E-state index contributed by atoms with van der Waals surface area (Å²) in [7, 11) is 0. The molecule has 9 heteroatoms. The summed E-state index contributed by atoms with van der Waals surface area (Å²) < 4.78 is 15.1. The molecule has 1 saturated carbocycles. The van der Waals surface area contributed by atoms with Gasteiger partial charge in [-0.15, -0.1) is 0 Å². The van der Waals surface area contributed by atoms with Gasteiger partial charge in [-0.2, -0.15) is 10.4 Å². The van der Waals surface area contributed by atoms with E-state index in [1.54, 1.807) is 6.07 Å². The number of nitrogens with zero attached hydrogens (tertiary/aromatic N) is 3. The summed E-state index contributed by atoms with van der Waals surface area (Å²) in [5.74, 6) is -1.57. The molecule has 2 aromatic rings. The van der Waals surface area contributed by atoms with Crippen LogP contribution in [0, 0.1) is 23.1 Å². The number of hydrogen-bond acceptors (Lipinski definition) is 5. The molecule has 0 unspecified atom stereocenters. The Morgan fingerprint density at radius 3 is 2.92 bits per heavy atom. The first-order valence-corrected chi connectivity index (χ1v) is 8.45. The van der Waals surface area contributed by atoms with Gasteiger partial charge in [0.2, 0.25) is 0 Å². The standard InChI is InChI=1S/C17H17ClFN5O2/c18-13-3-1-10(6-14(13)19)22-17-12(16(21)26)8-24(23-17)15-4-2-11(25)5-9(15)7-20/h1,3,6,8-9,11,15,25H,2,4-5H2,(H2,21,26)(H,22,23)/t9-,11-,15-/m0/s1.